The van der Waals surface area contributed by atoms with Crippen molar-refractivity contribution in [3.05, 3.63) is 12.8 Å². The van der Waals surface area contributed by atoms with Gasteiger partial charge < -0.3 is 4.74 Å². The number of hydrogen-bond acceptors (Lipinski definition) is 1. The highest BCUT2D eigenvalue weighted by atomic mass is 16.5. The van der Waals surface area contributed by atoms with Gasteiger partial charge in [0.1, 0.15) is 0 Å². The van der Waals surface area contributed by atoms with Crippen LogP contribution in [-0.2, 0) is 4.74 Å². The zero-order chi connectivity index (χ0) is 31.0. The lowest BCUT2D eigenvalue weighted by molar-refractivity contribution is 0.241. The van der Waals surface area contributed by atoms with E-state index in [1.807, 2.05) is 0 Å². The van der Waals surface area contributed by atoms with Crippen molar-refractivity contribution in [3.63, 3.8) is 0 Å². The fourth-order valence-electron chi connectivity index (χ4n) is 6.71. The lowest BCUT2D eigenvalue weighted by Gasteiger charge is -2.05. The van der Waals surface area contributed by atoms with Crippen molar-refractivity contribution < 1.29 is 4.74 Å². The minimum atomic E-state index is 0.850. The van der Waals surface area contributed by atoms with Crippen molar-refractivity contribution >= 4 is 0 Å². The van der Waals surface area contributed by atoms with Crippen LogP contribution in [-0.4, -0.2) is 6.61 Å². The van der Waals surface area contributed by atoms with Gasteiger partial charge in [0.15, 0.2) is 0 Å². The van der Waals surface area contributed by atoms with Gasteiger partial charge in [-0.25, -0.2) is 0 Å². The summed E-state index contributed by atoms with van der Waals surface area (Å²) in [5.41, 5.74) is 0. The molecule has 1 heteroatoms. The van der Waals surface area contributed by atoms with Gasteiger partial charge in [0.25, 0.3) is 0 Å². The van der Waals surface area contributed by atoms with Crippen LogP contribution in [0.25, 0.3) is 0 Å². The van der Waals surface area contributed by atoms with E-state index in [2.05, 4.69) is 13.5 Å². The molecule has 0 fully saturated rings. The molecule has 0 radical (unpaired) electrons. The summed E-state index contributed by atoms with van der Waals surface area (Å²) in [5.74, 6) is 0. The summed E-state index contributed by atoms with van der Waals surface area (Å²) < 4.78 is 5.17. The van der Waals surface area contributed by atoms with E-state index in [1.54, 1.807) is 6.26 Å². The molecule has 0 aliphatic rings. The third-order valence-corrected chi connectivity index (χ3v) is 9.73. The highest BCUT2D eigenvalue weighted by molar-refractivity contribution is 4.54. The molecule has 43 heavy (non-hydrogen) atoms. The van der Waals surface area contributed by atoms with Crippen molar-refractivity contribution in [2.75, 3.05) is 6.61 Å². The predicted octanol–water partition coefficient (Wildman–Crippen LogP) is 16.0. The summed E-state index contributed by atoms with van der Waals surface area (Å²) >= 11 is 0. The Morgan fingerprint density at radius 1 is 0.279 bits per heavy atom. The molecule has 0 N–H and O–H groups in total. The van der Waals surface area contributed by atoms with Gasteiger partial charge in [-0.1, -0.05) is 251 Å². The average Bonchev–Trinajstić information content (AvgIpc) is 3.02. The summed E-state index contributed by atoms with van der Waals surface area (Å²) in [6.45, 7) is 6.74. The van der Waals surface area contributed by atoms with E-state index in [-0.39, 0.29) is 0 Å². The molecule has 0 saturated carbocycles. The largest absolute Gasteiger partial charge is 0.502 e. The summed E-state index contributed by atoms with van der Waals surface area (Å²) in [4.78, 5) is 0. The van der Waals surface area contributed by atoms with E-state index in [1.165, 1.54) is 244 Å². The molecule has 0 aliphatic carbocycles. The second kappa shape index (κ2) is 41.5. The van der Waals surface area contributed by atoms with Crippen LogP contribution in [0, 0.1) is 0 Å². The van der Waals surface area contributed by atoms with E-state index in [9.17, 15) is 0 Å². The molecule has 0 atom stereocenters. The summed E-state index contributed by atoms with van der Waals surface area (Å²) in [6, 6.07) is 0. The van der Waals surface area contributed by atoms with Crippen LogP contribution in [0.2, 0.25) is 0 Å². The maximum Gasteiger partial charge on any atom is 0.0873 e. The second-order valence-corrected chi connectivity index (χ2v) is 14.1. The first-order chi connectivity index (χ1) is 21.4. The van der Waals surface area contributed by atoms with Crippen molar-refractivity contribution in [2.45, 2.75) is 251 Å². The predicted molar refractivity (Wildman–Crippen MR) is 197 cm³/mol. The zero-order valence-corrected chi connectivity index (χ0v) is 30.3. The normalized spacial score (nSPS) is 11.4. The molecule has 0 heterocycles. The molecule has 0 bridgehead atoms. The molecule has 0 saturated heterocycles. The van der Waals surface area contributed by atoms with Crippen LogP contribution < -0.4 is 0 Å². The maximum atomic E-state index is 5.17. The van der Waals surface area contributed by atoms with Gasteiger partial charge in [-0.3, -0.25) is 0 Å². The first kappa shape index (κ1) is 42.5. The van der Waals surface area contributed by atoms with E-state index in [4.69, 9.17) is 4.74 Å². The Labute approximate surface area is 274 Å². The van der Waals surface area contributed by atoms with Crippen molar-refractivity contribution in [2.24, 2.45) is 0 Å². The fraction of sp³-hybridized carbons (Fsp3) is 0.952. The topological polar surface area (TPSA) is 9.23 Å². The van der Waals surface area contributed by atoms with Crippen LogP contribution in [0.3, 0.4) is 0 Å². The SMILES string of the molecule is C=COCCCCCCCCCCCCCCCCCCCCCCCCCCCCCCCCCCCCCCCC. The molecule has 0 aromatic rings. The Balaban J connectivity index is 3.03. The number of rotatable bonds is 40. The third-order valence-electron chi connectivity index (χ3n) is 9.73. The molecule has 0 unspecified atom stereocenters. The zero-order valence-electron chi connectivity index (χ0n) is 30.3. The minimum absolute atomic E-state index is 0.850. The van der Waals surface area contributed by atoms with Gasteiger partial charge in [0.2, 0.25) is 0 Å². The van der Waals surface area contributed by atoms with Crippen molar-refractivity contribution in [1.29, 1.82) is 0 Å². The molecule has 1 nitrogen and oxygen atoms in total. The van der Waals surface area contributed by atoms with Crippen LogP contribution >= 0.6 is 0 Å². The van der Waals surface area contributed by atoms with Crippen molar-refractivity contribution in [1.82, 2.24) is 0 Å². The Bertz CT molecular complexity index is 472. The van der Waals surface area contributed by atoms with Gasteiger partial charge in [-0.15, -0.1) is 0 Å². The molecular formula is C42H84O. The van der Waals surface area contributed by atoms with Crippen LogP contribution in [0.5, 0.6) is 0 Å². The molecule has 258 valence electrons. The van der Waals surface area contributed by atoms with E-state index >= 15 is 0 Å². The Morgan fingerprint density at radius 3 is 0.605 bits per heavy atom. The van der Waals surface area contributed by atoms with Gasteiger partial charge >= 0.3 is 0 Å². The highest BCUT2D eigenvalue weighted by Crippen LogP contribution is 2.17. The number of unbranched alkanes of at least 4 members (excludes halogenated alkanes) is 37. The van der Waals surface area contributed by atoms with E-state index < -0.39 is 0 Å². The smallest absolute Gasteiger partial charge is 0.0873 e. The summed E-state index contributed by atoms with van der Waals surface area (Å²) in [5, 5.41) is 0. The van der Waals surface area contributed by atoms with Gasteiger partial charge in [0, 0.05) is 0 Å². The second-order valence-electron chi connectivity index (χ2n) is 14.1. The van der Waals surface area contributed by atoms with Crippen LogP contribution in [0.4, 0.5) is 0 Å². The van der Waals surface area contributed by atoms with Crippen LogP contribution in [0.15, 0.2) is 12.8 Å². The standard InChI is InChI=1S/C42H84O/c1-3-5-6-7-8-9-10-11-12-13-14-15-16-17-18-19-20-21-22-23-24-25-26-27-28-29-30-31-32-33-34-35-36-37-38-39-40-41-42-43-4-2/h4H,2-3,5-42H2,1H3. The lowest BCUT2D eigenvalue weighted by Crippen LogP contribution is -1.87. The molecule has 0 aliphatic heterocycles. The molecule has 0 aromatic carbocycles. The molecule has 0 amide bonds. The molecule has 0 aromatic heterocycles. The first-order valence-corrected chi connectivity index (χ1v) is 20.6. The minimum Gasteiger partial charge on any atom is -0.502 e. The summed E-state index contributed by atoms with van der Waals surface area (Å²) in [6.07, 6.45) is 57.1. The first-order valence-electron chi connectivity index (χ1n) is 20.6. The summed E-state index contributed by atoms with van der Waals surface area (Å²) in [7, 11) is 0. The maximum absolute atomic E-state index is 5.17. The monoisotopic (exact) mass is 605 g/mol. The van der Waals surface area contributed by atoms with Gasteiger partial charge in [-0.2, -0.15) is 0 Å². The Kier molecular flexibility index (Phi) is 41.1. The molecule has 0 rings (SSSR count). The quantitative estimate of drug-likeness (QED) is 0.0499. The average molecular weight is 605 g/mol. The fourth-order valence-corrected chi connectivity index (χ4v) is 6.71. The third kappa shape index (κ3) is 41.5. The molecular weight excluding hydrogens is 520 g/mol. The van der Waals surface area contributed by atoms with E-state index in [0.717, 1.165) is 6.61 Å². The van der Waals surface area contributed by atoms with E-state index in [0.29, 0.717) is 0 Å². The highest BCUT2D eigenvalue weighted by Gasteiger charge is 1.98. The molecule has 0 spiro atoms. The van der Waals surface area contributed by atoms with Crippen LogP contribution in [0.1, 0.15) is 251 Å². The van der Waals surface area contributed by atoms with Gasteiger partial charge in [-0.05, 0) is 6.42 Å². The number of hydrogen-bond donors (Lipinski definition) is 0. The Hall–Kier alpha value is -0.460. The number of ether oxygens (including phenoxy) is 1. The van der Waals surface area contributed by atoms with Crippen molar-refractivity contribution in [3.8, 4) is 0 Å². The lowest BCUT2D eigenvalue weighted by atomic mass is 10.0. The van der Waals surface area contributed by atoms with Gasteiger partial charge in [0.05, 0.1) is 12.9 Å². The Morgan fingerprint density at radius 2 is 0.442 bits per heavy atom.